The Morgan fingerprint density at radius 3 is 2.38 bits per heavy atom. The van der Waals surface area contributed by atoms with Crippen LogP contribution in [0.15, 0.2) is 37.2 Å². The zero-order valence-electron chi connectivity index (χ0n) is 8.70. The van der Waals surface area contributed by atoms with E-state index in [0.717, 1.165) is 0 Å². The van der Waals surface area contributed by atoms with Gasteiger partial charge in [0.15, 0.2) is 0 Å². The molecule has 2 heterocycles. The van der Waals surface area contributed by atoms with Gasteiger partial charge in [0.2, 0.25) is 5.95 Å². The van der Waals surface area contributed by atoms with Crippen LogP contribution in [0.2, 0.25) is 0 Å². The van der Waals surface area contributed by atoms with Crippen molar-refractivity contribution < 1.29 is 0 Å². The zero-order chi connectivity index (χ0) is 11.4. The Morgan fingerprint density at radius 1 is 1.19 bits per heavy atom. The number of hydrazine groups is 1. The third-order valence-electron chi connectivity index (χ3n) is 1.93. The van der Waals surface area contributed by atoms with E-state index in [4.69, 9.17) is 5.26 Å². The molecule has 0 atom stereocenters. The number of aromatic nitrogens is 2. The van der Waals surface area contributed by atoms with Crippen molar-refractivity contribution >= 4 is 5.95 Å². The molecule has 0 unspecified atom stereocenters. The molecule has 0 radical (unpaired) electrons. The Balaban J connectivity index is 2.02. The molecule has 6 nitrogen and oxygen atoms in total. The van der Waals surface area contributed by atoms with E-state index in [1.54, 1.807) is 5.01 Å². The second-order valence-corrected chi connectivity index (χ2v) is 3.19. The summed E-state index contributed by atoms with van der Waals surface area (Å²) in [4.78, 5) is 9.90. The van der Waals surface area contributed by atoms with Gasteiger partial charge in [-0.2, -0.15) is 5.26 Å². The van der Waals surface area contributed by atoms with Gasteiger partial charge >= 0.3 is 0 Å². The van der Waals surface area contributed by atoms with E-state index < -0.39 is 0 Å². The highest BCUT2D eigenvalue weighted by Gasteiger charge is 2.02. The van der Waals surface area contributed by atoms with Gasteiger partial charge in [0, 0.05) is 31.8 Å². The molecule has 0 amide bonds. The van der Waals surface area contributed by atoms with Crippen molar-refractivity contribution in [3.63, 3.8) is 0 Å². The summed E-state index contributed by atoms with van der Waals surface area (Å²) < 4.78 is 0. The van der Waals surface area contributed by atoms with E-state index in [-0.39, 0.29) is 0 Å². The first-order chi connectivity index (χ1) is 7.78. The smallest absolute Gasteiger partial charge is 0.242 e. The van der Waals surface area contributed by atoms with Gasteiger partial charge in [0.05, 0.1) is 18.0 Å². The highest BCUT2D eigenvalue weighted by molar-refractivity contribution is 5.30. The summed E-state index contributed by atoms with van der Waals surface area (Å²) >= 11 is 0. The van der Waals surface area contributed by atoms with E-state index in [0.29, 0.717) is 11.5 Å². The van der Waals surface area contributed by atoms with Gasteiger partial charge in [0.1, 0.15) is 6.07 Å². The number of hydrogen-bond acceptors (Lipinski definition) is 6. The molecule has 0 spiro atoms. The summed E-state index contributed by atoms with van der Waals surface area (Å²) in [6, 6.07) is 1.96. The van der Waals surface area contributed by atoms with E-state index in [1.807, 2.05) is 42.8 Å². The van der Waals surface area contributed by atoms with Crippen molar-refractivity contribution in [2.75, 3.05) is 12.5 Å². The summed E-state index contributed by atoms with van der Waals surface area (Å²) in [5.41, 5.74) is 3.39. The van der Waals surface area contributed by atoms with Gasteiger partial charge in [-0.15, -0.1) is 0 Å². The van der Waals surface area contributed by atoms with Crippen LogP contribution in [0.1, 0.15) is 5.56 Å². The van der Waals surface area contributed by atoms with Crippen LogP contribution in [0.4, 0.5) is 5.95 Å². The van der Waals surface area contributed by atoms with Crippen LogP contribution in [0, 0.1) is 11.3 Å². The van der Waals surface area contributed by atoms with Crippen LogP contribution in [0.5, 0.6) is 0 Å². The van der Waals surface area contributed by atoms with Crippen molar-refractivity contribution in [2.45, 2.75) is 0 Å². The molecule has 2 rings (SSSR count). The fourth-order valence-electron chi connectivity index (χ4n) is 1.09. The molecular weight excluding hydrogens is 204 g/mol. The lowest BCUT2D eigenvalue weighted by Crippen LogP contribution is -2.23. The Hall–Kier alpha value is -2.55. The van der Waals surface area contributed by atoms with E-state index in [9.17, 15) is 0 Å². The third kappa shape index (κ3) is 2.27. The monoisotopic (exact) mass is 214 g/mol. The summed E-state index contributed by atoms with van der Waals surface area (Å²) in [5, 5.41) is 10.3. The molecule has 1 aromatic rings. The predicted octanol–water partition coefficient (Wildman–Crippen LogP) is 0.865. The Morgan fingerprint density at radius 2 is 1.81 bits per heavy atom. The molecule has 6 heteroatoms. The number of nitrogens with zero attached hydrogens (tertiary/aromatic N) is 5. The zero-order valence-corrected chi connectivity index (χ0v) is 8.70. The molecule has 0 saturated carbocycles. The van der Waals surface area contributed by atoms with E-state index in [2.05, 4.69) is 15.4 Å². The van der Waals surface area contributed by atoms with Gasteiger partial charge < -0.3 is 4.90 Å². The number of rotatable bonds is 2. The second kappa shape index (κ2) is 4.31. The number of anilines is 1. The number of nitrogens with one attached hydrogen (secondary N) is 1. The quantitative estimate of drug-likeness (QED) is 0.787. The van der Waals surface area contributed by atoms with Crippen molar-refractivity contribution in [1.82, 2.24) is 19.9 Å². The first-order valence-electron chi connectivity index (χ1n) is 4.63. The van der Waals surface area contributed by atoms with Crippen molar-refractivity contribution in [2.24, 2.45) is 0 Å². The molecule has 80 valence electrons. The maximum atomic E-state index is 8.59. The van der Waals surface area contributed by atoms with Gasteiger partial charge in [-0.3, -0.25) is 10.4 Å². The van der Waals surface area contributed by atoms with Gasteiger partial charge in [0.25, 0.3) is 0 Å². The van der Waals surface area contributed by atoms with Crippen LogP contribution < -0.4 is 5.43 Å². The normalized spacial score (nSPS) is 13.8. The lowest BCUT2D eigenvalue weighted by Gasteiger charge is -2.22. The SMILES string of the molecule is CN1C=CN(Nc2ncc(C#N)cn2)C=C1. The van der Waals surface area contributed by atoms with Crippen LogP contribution in [-0.2, 0) is 0 Å². The Kier molecular flexibility index (Phi) is 2.69. The molecule has 1 aliphatic rings. The standard InChI is InChI=1S/C10H10N6/c1-15-2-4-16(5-3-15)14-10-12-7-9(6-11)8-13-10/h2-5,7-8H,1H3,(H,12,13,14). The van der Waals surface area contributed by atoms with Gasteiger partial charge in [-0.1, -0.05) is 0 Å². The summed E-state index contributed by atoms with van der Waals surface area (Å²) in [5.74, 6) is 0.442. The van der Waals surface area contributed by atoms with E-state index in [1.165, 1.54) is 12.4 Å². The minimum atomic E-state index is 0.440. The average molecular weight is 214 g/mol. The minimum Gasteiger partial charge on any atom is -0.354 e. The van der Waals surface area contributed by atoms with Gasteiger partial charge in [-0.25, -0.2) is 9.97 Å². The molecule has 0 bridgehead atoms. The Bertz CT molecular complexity index is 441. The topological polar surface area (TPSA) is 68.1 Å². The molecular formula is C10H10N6. The highest BCUT2D eigenvalue weighted by Crippen LogP contribution is 2.05. The van der Waals surface area contributed by atoms with Crippen LogP contribution in [0.3, 0.4) is 0 Å². The largest absolute Gasteiger partial charge is 0.354 e. The lowest BCUT2D eigenvalue weighted by atomic mass is 10.4. The molecule has 16 heavy (non-hydrogen) atoms. The predicted molar refractivity (Wildman–Crippen MR) is 58.3 cm³/mol. The summed E-state index contributed by atoms with van der Waals surface area (Å²) in [7, 11) is 1.93. The molecule has 1 aliphatic heterocycles. The average Bonchev–Trinajstić information content (AvgIpc) is 2.33. The summed E-state index contributed by atoms with van der Waals surface area (Å²) in [6.07, 6.45) is 10.4. The maximum absolute atomic E-state index is 8.59. The minimum absolute atomic E-state index is 0.440. The lowest BCUT2D eigenvalue weighted by molar-refractivity contribution is 0.509. The molecule has 0 fully saturated rings. The fraction of sp³-hybridized carbons (Fsp3) is 0.100. The van der Waals surface area contributed by atoms with Crippen molar-refractivity contribution in [3.8, 4) is 6.07 Å². The second-order valence-electron chi connectivity index (χ2n) is 3.19. The highest BCUT2D eigenvalue weighted by atomic mass is 15.5. The van der Waals surface area contributed by atoms with Crippen LogP contribution >= 0.6 is 0 Å². The first-order valence-corrected chi connectivity index (χ1v) is 4.63. The van der Waals surface area contributed by atoms with E-state index >= 15 is 0 Å². The number of hydrogen-bond donors (Lipinski definition) is 1. The van der Waals surface area contributed by atoms with Crippen molar-refractivity contribution in [3.05, 3.63) is 42.8 Å². The molecule has 0 aliphatic carbocycles. The first kappa shape index (κ1) is 9.98. The molecule has 1 N–H and O–H groups in total. The Labute approximate surface area is 93.1 Å². The summed E-state index contributed by atoms with van der Waals surface area (Å²) in [6.45, 7) is 0. The van der Waals surface area contributed by atoms with Crippen LogP contribution in [0.25, 0.3) is 0 Å². The number of nitriles is 1. The molecule has 0 aromatic carbocycles. The molecule has 1 aromatic heterocycles. The van der Waals surface area contributed by atoms with Crippen molar-refractivity contribution in [1.29, 1.82) is 5.26 Å². The molecule has 0 saturated heterocycles. The fourth-order valence-corrected chi connectivity index (χ4v) is 1.09. The maximum Gasteiger partial charge on any atom is 0.242 e. The van der Waals surface area contributed by atoms with Gasteiger partial charge in [-0.05, 0) is 0 Å². The third-order valence-corrected chi connectivity index (χ3v) is 1.93. The van der Waals surface area contributed by atoms with Crippen LogP contribution in [-0.4, -0.2) is 26.9 Å².